The summed E-state index contributed by atoms with van der Waals surface area (Å²) in [5, 5.41) is 11.0. The second-order valence-electron chi connectivity index (χ2n) is 4.30. The Morgan fingerprint density at radius 1 is 1.53 bits per heavy atom. The van der Waals surface area contributed by atoms with E-state index in [1.54, 1.807) is 18.4 Å². The van der Waals surface area contributed by atoms with Gasteiger partial charge in [-0.3, -0.25) is 5.10 Å². The van der Waals surface area contributed by atoms with E-state index in [9.17, 15) is 0 Å². The van der Waals surface area contributed by atoms with Crippen molar-refractivity contribution in [2.75, 3.05) is 26.1 Å². The molecule has 2 N–H and O–H groups in total. The molecule has 0 aliphatic heterocycles. The topological polar surface area (TPSA) is 79.0 Å². The predicted molar refractivity (Wildman–Crippen MR) is 74.6 cm³/mol. The Bertz CT molecular complexity index is 509. The van der Waals surface area contributed by atoms with E-state index in [2.05, 4.69) is 25.5 Å². The minimum absolute atomic E-state index is 0.0945. The van der Waals surface area contributed by atoms with Crippen molar-refractivity contribution in [1.82, 2.24) is 25.5 Å². The van der Waals surface area contributed by atoms with Crippen molar-refractivity contribution in [3.8, 4) is 5.88 Å². The normalized spacial score (nSPS) is 12.4. The smallest absolute Gasteiger partial charge is 0.230 e. The van der Waals surface area contributed by atoms with E-state index in [0.29, 0.717) is 12.4 Å². The first kappa shape index (κ1) is 13.8. The standard InChI is InChI=1S/C11H18N6OS/c1-7(9-13-6-14-16-9)12-5-8-10(18-4)15-11(19-8)17(2)3/h6-7,12H,5H2,1-4H3,(H,13,14,16). The van der Waals surface area contributed by atoms with Crippen LogP contribution in [0.2, 0.25) is 0 Å². The van der Waals surface area contributed by atoms with Gasteiger partial charge in [0.15, 0.2) is 5.13 Å². The Balaban J connectivity index is 2.02. The maximum Gasteiger partial charge on any atom is 0.230 e. The van der Waals surface area contributed by atoms with Gasteiger partial charge in [-0.25, -0.2) is 4.98 Å². The zero-order valence-electron chi connectivity index (χ0n) is 11.5. The van der Waals surface area contributed by atoms with Crippen LogP contribution in [0.15, 0.2) is 6.33 Å². The van der Waals surface area contributed by atoms with Gasteiger partial charge in [-0.2, -0.15) is 10.1 Å². The highest BCUT2D eigenvalue weighted by molar-refractivity contribution is 7.15. The van der Waals surface area contributed by atoms with Gasteiger partial charge < -0.3 is 15.0 Å². The molecule has 2 heterocycles. The summed E-state index contributed by atoms with van der Waals surface area (Å²) in [6.07, 6.45) is 1.50. The summed E-state index contributed by atoms with van der Waals surface area (Å²) in [7, 11) is 5.57. The van der Waals surface area contributed by atoms with Crippen LogP contribution in [0.3, 0.4) is 0 Å². The number of nitrogens with one attached hydrogen (secondary N) is 2. The summed E-state index contributed by atoms with van der Waals surface area (Å²) in [4.78, 5) is 11.6. The van der Waals surface area contributed by atoms with Gasteiger partial charge in [-0.05, 0) is 6.92 Å². The zero-order chi connectivity index (χ0) is 13.8. The molecule has 8 heteroatoms. The molecule has 0 aliphatic rings. The highest BCUT2D eigenvalue weighted by Crippen LogP contribution is 2.30. The van der Waals surface area contributed by atoms with Crippen molar-refractivity contribution >= 4 is 16.5 Å². The van der Waals surface area contributed by atoms with E-state index in [1.165, 1.54) is 6.33 Å². The molecule has 1 atom stereocenters. The van der Waals surface area contributed by atoms with Crippen molar-refractivity contribution in [3.63, 3.8) is 0 Å². The molecule has 0 amide bonds. The number of aromatic amines is 1. The fourth-order valence-corrected chi connectivity index (χ4v) is 2.46. The molecule has 0 saturated carbocycles. The van der Waals surface area contributed by atoms with Gasteiger partial charge in [0, 0.05) is 20.6 Å². The molecule has 1 unspecified atom stereocenters. The van der Waals surface area contributed by atoms with Crippen LogP contribution in [0.25, 0.3) is 0 Å². The first-order valence-corrected chi connectivity index (χ1v) is 6.73. The molecular weight excluding hydrogens is 264 g/mol. The quantitative estimate of drug-likeness (QED) is 0.828. The Kier molecular flexibility index (Phi) is 4.33. The Hall–Kier alpha value is -1.67. The van der Waals surface area contributed by atoms with E-state index in [0.717, 1.165) is 15.8 Å². The molecule has 2 rings (SSSR count). The SMILES string of the molecule is COc1nc(N(C)C)sc1CNC(C)c1ncn[nH]1. The van der Waals surface area contributed by atoms with Gasteiger partial charge in [0.1, 0.15) is 12.2 Å². The fourth-order valence-electron chi connectivity index (χ4n) is 1.55. The number of H-pyrrole nitrogens is 1. The van der Waals surface area contributed by atoms with Gasteiger partial charge in [0.25, 0.3) is 0 Å². The third kappa shape index (κ3) is 3.21. The minimum atomic E-state index is 0.0945. The first-order chi connectivity index (χ1) is 9.11. The van der Waals surface area contributed by atoms with E-state index < -0.39 is 0 Å². The second-order valence-corrected chi connectivity index (χ2v) is 5.36. The molecule has 2 aromatic rings. The number of hydrogen-bond acceptors (Lipinski definition) is 7. The van der Waals surface area contributed by atoms with Crippen LogP contribution in [0.5, 0.6) is 5.88 Å². The maximum atomic E-state index is 5.30. The van der Waals surface area contributed by atoms with Crippen molar-refractivity contribution in [3.05, 3.63) is 17.0 Å². The average molecular weight is 282 g/mol. The third-order valence-electron chi connectivity index (χ3n) is 2.64. The molecule has 0 radical (unpaired) electrons. The Morgan fingerprint density at radius 3 is 2.89 bits per heavy atom. The highest BCUT2D eigenvalue weighted by Gasteiger charge is 2.15. The maximum absolute atomic E-state index is 5.30. The summed E-state index contributed by atoms with van der Waals surface area (Å²) in [6, 6.07) is 0.0945. The fraction of sp³-hybridized carbons (Fsp3) is 0.545. The lowest BCUT2D eigenvalue weighted by molar-refractivity contribution is 0.393. The summed E-state index contributed by atoms with van der Waals surface area (Å²) in [5.41, 5.74) is 0. The van der Waals surface area contributed by atoms with Crippen molar-refractivity contribution in [2.24, 2.45) is 0 Å². The molecule has 19 heavy (non-hydrogen) atoms. The van der Waals surface area contributed by atoms with Crippen LogP contribution in [0.1, 0.15) is 23.7 Å². The Labute approximate surface area is 116 Å². The molecule has 0 aliphatic carbocycles. The number of aromatic nitrogens is 4. The molecule has 0 aromatic carbocycles. The largest absolute Gasteiger partial charge is 0.480 e. The van der Waals surface area contributed by atoms with Crippen molar-refractivity contribution < 1.29 is 4.74 Å². The number of anilines is 1. The zero-order valence-corrected chi connectivity index (χ0v) is 12.3. The van der Waals surface area contributed by atoms with E-state index in [-0.39, 0.29) is 6.04 Å². The molecule has 0 spiro atoms. The molecule has 0 bridgehead atoms. The van der Waals surface area contributed by atoms with Crippen LogP contribution in [0, 0.1) is 0 Å². The highest BCUT2D eigenvalue weighted by atomic mass is 32.1. The van der Waals surface area contributed by atoms with Gasteiger partial charge >= 0.3 is 0 Å². The lowest BCUT2D eigenvalue weighted by atomic mass is 10.3. The summed E-state index contributed by atoms with van der Waals surface area (Å²) in [5.74, 6) is 1.49. The van der Waals surface area contributed by atoms with Crippen molar-refractivity contribution in [1.29, 1.82) is 0 Å². The lowest BCUT2D eigenvalue weighted by Crippen LogP contribution is -2.19. The third-order valence-corrected chi connectivity index (χ3v) is 3.84. The van der Waals surface area contributed by atoms with E-state index >= 15 is 0 Å². The number of methoxy groups -OCH3 is 1. The number of ether oxygens (including phenoxy) is 1. The van der Waals surface area contributed by atoms with Gasteiger partial charge in [0.05, 0.1) is 18.0 Å². The number of thiazole rings is 1. The summed E-state index contributed by atoms with van der Waals surface area (Å²) < 4.78 is 5.30. The van der Waals surface area contributed by atoms with Crippen LogP contribution in [-0.2, 0) is 6.54 Å². The van der Waals surface area contributed by atoms with E-state index in [1.807, 2.05) is 25.9 Å². The lowest BCUT2D eigenvalue weighted by Gasteiger charge is -2.10. The summed E-state index contributed by atoms with van der Waals surface area (Å²) in [6.45, 7) is 2.71. The average Bonchev–Trinajstić information content (AvgIpc) is 3.04. The number of hydrogen-bond donors (Lipinski definition) is 2. The minimum Gasteiger partial charge on any atom is -0.480 e. The number of nitrogens with zero attached hydrogens (tertiary/aromatic N) is 4. The Morgan fingerprint density at radius 2 is 2.32 bits per heavy atom. The number of rotatable bonds is 6. The van der Waals surface area contributed by atoms with Crippen molar-refractivity contribution in [2.45, 2.75) is 19.5 Å². The molecule has 2 aromatic heterocycles. The molecular formula is C11H18N6OS. The molecule has 7 nitrogen and oxygen atoms in total. The first-order valence-electron chi connectivity index (χ1n) is 5.91. The van der Waals surface area contributed by atoms with Crippen LogP contribution < -0.4 is 15.0 Å². The summed E-state index contributed by atoms with van der Waals surface area (Å²) >= 11 is 1.61. The van der Waals surface area contributed by atoms with Crippen LogP contribution in [-0.4, -0.2) is 41.4 Å². The van der Waals surface area contributed by atoms with Gasteiger partial charge in [0.2, 0.25) is 5.88 Å². The molecule has 0 fully saturated rings. The van der Waals surface area contributed by atoms with Gasteiger partial charge in [-0.15, -0.1) is 0 Å². The molecule has 0 saturated heterocycles. The molecule has 104 valence electrons. The van der Waals surface area contributed by atoms with E-state index in [4.69, 9.17) is 4.74 Å². The van der Waals surface area contributed by atoms with Crippen LogP contribution in [0.4, 0.5) is 5.13 Å². The monoisotopic (exact) mass is 282 g/mol. The predicted octanol–water partition coefficient (Wildman–Crippen LogP) is 1.19. The second kappa shape index (κ2) is 5.98. The van der Waals surface area contributed by atoms with Crippen LogP contribution >= 0.6 is 11.3 Å². The van der Waals surface area contributed by atoms with Gasteiger partial charge in [-0.1, -0.05) is 11.3 Å².